The lowest BCUT2D eigenvalue weighted by atomic mass is 9.93. The van der Waals surface area contributed by atoms with Crippen LogP contribution in [-0.4, -0.2) is 65.2 Å². The number of nitro benzene ring substituents is 1. The Morgan fingerprint density at radius 3 is 2.35 bits per heavy atom. The van der Waals surface area contributed by atoms with Crippen molar-refractivity contribution in [2.45, 2.75) is 25.9 Å². The standard InChI is InChI=1S/C26H31ClN4O3/c1-19-14-22(21-6-5-7-23(16-21)31(33)34)15-20(2)30(19)18-24(32)17-28-10-12-29(13-11-28)26-9-4-3-8-25(26)27/h3-9,14-16,22,24,32H,10-13,17-18H2,1-2H3. The lowest BCUT2D eigenvalue weighted by Crippen LogP contribution is -2.50. The largest absolute Gasteiger partial charge is 0.390 e. The average molecular weight is 483 g/mol. The Labute approximate surface area is 205 Å². The van der Waals surface area contributed by atoms with E-state index in [4.69, 9.17) is 11.6 Å². The number of rotatable bonds is 7. The zero-order chi connectivity index (χ0) is 24.2. The molecular formula is C26H31ClN4O3. The second kappa shape index (κ2) is 10.6. The SMILES string of the molecule is CC1=CC(c2cccc([N+](=O)[O-])c2)C=C(C)N1CC(O)CN1CCN(c2ccccc2Cl)CC1. The van der Waals surface area contributed by atoms with Crippen LogP contribution in [0.25, 0.3) is 0 Å². The fourth-order valence-corrected chi connectivity index (χ4v) is 5.05. The Kier molecular flexibility index (Phi) is 7.56. The summed E-state index contributed by atoms with van der Waals surface area (Å²) in [5.74, 6) is -0.0221. The summed E-state index contributed by atoms with van der Waals surface area (Å²) in [5, 5.41) is 22.8. The molecule has 0 amide bonds. The van der Waals surface area contributed by atoms with Crippen molar-refractivity contribution in [1.82, 2.24) is 9.80 Å². The molecule has 0 aromatic heterocycles. The molecule has 1 atom stereocenters. The molecule has 8 heteroatoms. The van der Waals surface area contributed by atoms with Gasteiger partial charge in [0.2, 0.25) is 0 Å². The van der Waals surface area contributed by atoms with Crippen LogP contribution in [0, 0.1) is 10.1 Å². The van der Waals surface area contributed by atoms with Gasteiger partial charge in [0.15, 0.2) is 0 Å². The van der Waals surface area contributed by atoms with E-state index in [0.29, 0.717) is 13.1 Å². The second-order valence-corrected chi connectivity index (χ2v) is 9.40. The summed E-state index contributed by atoms with van der Waals surface area (Å²) in [6.07, 6.45) is 3.70. The third-order valence-corrected chi connectivity index (χ3v) is 6.91. The first-order valence-corrected chi connectivity index (χ1v) is 12.0. The van der Waals surface area contributed by atoms with Gasteiger partial charge >= 0.3 is 0 Å². The molecule has 34 heavy (non-hydrogen) atoms. The molecule has 0 radical (unpaired) electrons. The number of allylic oxidation sites excluding steroid dienone is 4. The summed E-state index contributed by atoms with van der Waals surface area (Å²) in [7, 11) is 0. The molecule has 1 saturated heterocycles. The summed E-state index contributed by atoms with van der Waals surface area (Å²) in [4.78, 5) is 17.5. The van der Waals surface area contributed by atoms with Gasteiger partial charge in [0, 0.05) is 68.7 Å². The van der Waals surface area contributed by atoms with E-state index >= 15 is 0 Å². The van der Waals surface area contributed by atoms with Gasteiger partial charge in [-0.2, -0.15) is 0 Å². The highest BCUT2D eigenvalue weighted by Gasteiger charge is 2.24. The number of halogens is 1. The number of anilines is 1. The van der Waals surface area contributed by atoms with Gasteiger partial charge in [-0.25, -0.2) is 0 Å². The number of β-amino-alcohol motifs (C(OH)–C–C–N with tert-alkyl or cyclic N) is 1. The van der Waals surface area contributed by atoms with Crippen LogP contribution in [-0.2, 0) is 0 Å². The second-order valence-electron chi connectivity index (χ2n) is 9.00. The van der Waals surface area contributed by atoms with Gasteiger partial charge in [0.25, 0.3) is 5.69 Å². The van der Waals surface area contributed by atoms with E-state index in [1.54, 1.807) is 12.1 Å². The van der Waals surface area contributed by atoms with Crippen LogP contribution in [0.15, 0.2) is 72.1 Å². The number of piperazine rings is 1. The number of aliphatic hydroxyl groups excluding tert-OH is 1. The Morgan fingerprint density at radius 2 is 1.71 bits per heavy atom. The van der Waals surface area contributed by atoms with Crippen molar-refractivity contribution in [3.05, 3.63) is 92.8 Å². The Hall–Kier alpha value is -2.87. The van der Waals surface area contributed by atoms with Crippen LogP contribution < -0.4 is 4.90 Å². The van der Waals surface area contributed by atoms with Crippen LogP contribution in [0.5, 0.6) is 0 Å². The zero-order valence-corrected chi connectivity index (χ0v) is 20.4. The number of nitrogens with zero attached hydrogens (tertiary/aromatic N) is 4. The van der Waals surface area contributed by atoms with Crippen LogP contribution in [0.3, 0.4) is 0 Å². The molecule has 0 saturated carbocycles. The molecule has 180 valence electrons. The number of nitro groups is 1. The quantitative estimate of drug-likeness (QED) is 0.458. The van der Waals surface area contributed by atoms with Crippen molar-refractivity contribution in [1.29, 1.82) is 0 Å². The molecular weight excluding hydrogens is 452 g/mol. The van der Waals surface area contributed by atoms with Crippen molar-refractivity contribution in [3.8, 4) is 0 Å². The first-order chi connectivity index (χ1) is 16.3. The molecule has 2 aromatic rings. The molecule has 2 aromatic carbocycles. The van der Waals surface area contributed by atoms with E-state index in [0.717, 1.165) is 53.8 Å². The minimum atomic E-state index is -0.493. The summed E-state index contributed by atoms with van der Waals surface area (Å²) >= 11 is 6.34. The van der Waals surface area contributed by atoms with Crippen LogP contribution in [0.1, 0.15) is 25.3 Å². The average Bonchev–Trinajstić information content (AvgIpc) is 2.82. The van der Waals surface area contributed by atoms with Crippen molar-refractivity contribution < 1.29 is 10.0 Å². The number of non-ortho nitro benzene ring substituents is 1. The molecule has 4 rings (SSSR count). The van der Waals surface area contributed by atoms with Gasteiger partial charge in [-0.3, -0.25) is 15.0 Å². The summed E-state index contributed by atoms with van der Waals surface area (Å²) in [6.45, 7) is 8.68. The van der Waals surface area contributed by atoms with Gasteiger partial charge < -0.3 is 14.9 Å². The molecule has 2 aliphatic rings. The van der Waals surface area contributed by atoms with Gasteiger partial charge in [-0.15, -0.1) is 0 Å². The minimum Gasteiger partial charge on any atom is -0.390 e. The van der Waals surface area contributed by atoms with Crippen molar-refractivity contribution in [2.24, 2.45) is 0 Å². The lowest BCUT2D eigenvalue weighted by molar-refractivity contribution is -0.384. The van der Waals surface area contributed by atoms with Gasteiger partial charge in [-0.05, 0) is 31.5 Å². The van der Waals surface area contributed by atoms with Gasteiger partial charge in [0.05, 0.1) is 21.7 Å². The van der Waals surface area contributed by atoms with E-state index in [2.05, 4.69) is 26.9 Å². The maximum atomic E-state index is 11.1. The maximum Gasteiger partial charge on any atom is 0.269 e. The smallest absolute Gasteiger partial charge is 0.269 e. The van der Waals surface area contributed by atoms with Gasteiger partial charge in [0.1, 0.15) is 0 Å². The maximum absolute atomic E-state index is 11.1. The van der Waals surface area contributed by atoms with Crippen molar-refractivity contribution >= 4 is 23.0 Å². The number of hydrogen-bond acceptors (Lipinski definition) is 6. The van der Waals surface area contributed by atoms with Crippen LogP contribution in [0.4, 0.5) is 11.4 Å². The predicted molar refractivity (Wildman–Crippen MR) is 136 cm³/mol. The first-order valence-electron chi connectivity index (χ1n) is 11.6. The summed E-state index contributed by atoms with van der Waals surface area (Å²) < 4.78 is 0. The molecule has 0 aliphatic carbocycles. The number of para-hydroxylation sites is 1. The minimum absolute atomic E-state index is 0.0221. The molecule has 0 bridgehead atoms. The highest BCUT2D eigenvalue weighted by molar-refractivity contribution is 6.33. The lowest BCUT2D eigenvalue weighted by Gasteiger charge is -2.38. The molecule has 1 fully saturated rings. The van der Waals surface area contributed by atoms with Crippen LogP contribution >= 0.6 is 11.6 Å². The van der Waals surface area contributed by atoms with Crippen LogP contribution in [0.2, 0.25) is 5.02 Å². The molecule has 2 aliphatic heterocycles. The van der Waals surface area contributed by atoms with E-state index < -0.39 is 6.10 Å². The van der Waals surface area contributed by atoms with E-state index in [9.17, 15) is 15.2 Å². The molecule has 1 unspecified atom stereocenters. The predicted octanol–water partition coefficient (Wildman–Crippen LogP) is 4.64. The first kappa shape index (κ1) is 24.3. The van der Waals surface area contributed by atoms with Crippen molar-refractivity contribution in [2.75, 3.05) is 44.2 Å². The molecule has 2 heterocycles. The molecule has 7 nitrogen and oxygen atoms in total. The third-order valence-electron chi connectivity index (χ3n) is 6.59. The van der Waals surface area contributed by atoms with E-state index in [1.165, 1.54) is 6.07 Å². The number of benzene rings is 2. The zero-order valence-electron chi connectivity index (χ0n) is 19.6. The highest BCUT2D eigenvalue weighted by Crippen LogP contribution is 2.32. The third kappa shape index (κ3) is 5.60. The van der Waals surface area contributed by atoms with E-state index in [-0.39, 0.29) is 16.5 Å². The summed E-state index contributed by atoms with van der Waals surface area (Å²) in [6, 6.07) is 14.7. The van der Waals surface area contributed by atoms with Gasteiger partial charge in [-0.1, -0.05) is 48.0 Å². The Balaban J connectivity index is 1.32. The fourth-order valence-electron chi connectivity index (χ4n) is 4.80. The van der Waals surface area contributed by atoms with Crippen molar-refractivity contribution in [3.63, 3.8) is 0 Å². The Morgan fingerprint density at radius 1 is 1.03 bits per heavy atom. The Bertz CT molecular complexity index is 1070. The number of aliphatic hydroxyl groups is 1. The molecule has 0 spiro atoms. The van der Waals surface area contributed by atoms with E-state index in [1.807, 2.05) is 44.2 Å². The topological polar surface area (TPSA) is 73.1 Å². The molecule has 1 N–H and O–H groups in total. The normalized spacial score (nSPS) is 18.5. The monoisotopic (exact) mass is 482 g/mol. The number of hydrogen-bond donors (Lipinski definition) is 1. The fraction of sp³-hybridized carbons (Fsp3) is 0.385. The summed E-state index contributed by atoms with van der Waals surface area (Å²) in [5.41, 5.74) is 4.14. The highest BCUT2D eigenvalue weighted by atomic mass is 35.5.